The van der Waals surface area contributed by atoms with Gasteiger partial charge in [-0.3, -0.25) is 4.79 Å². The molecule has 0 bridgehead atoms. The van der Waals surface area contributed by atoms with Crippen LogP contribution < -0.4 is 15.7 Å². The van der Waals surface area contributed by atoms with Gasteiger partial charge in [0, 0.05) is 18.1 Å². The highest BCUT2D eigenvalue weighted by Gasteiger charge is 2.58. The summed E-state index contributed by atoms with van der Waals surface area (Å²) >= 11 is 0. The van der Waals surface area contributed by atoms with Crippen molar-refractivity contribution in [1.82, 2.24) is 0 Å². The number of carbonyl (C=O) groups excluding carboxylic acids is 2. The van der Waals surface area contributed by atoms with Crippen LogP contribution >= 0.6 is 0 Å². The number of hydrogen-bond acceptors (Lipinski definition) is 9. The molecule has 0 spiro atoms. The van der Waals surface area contributed by atoms with Gasteiger partial charge in [-0.25, -0.2) is 9.59 Å². The number of benzene rings is 2. The summed E-state index contributed by atoms with van der Waals surface area (Å²) in [7, 11) is 3.06. The molecular formula is C27H27NO9. The first-order valence-corrected chi connectivity index (χ1v) is 11.7. The fourth-order valence-corrected chi connectivity index (χ4v) is 5.04. The van der Waals surface area contributed by atoms with Gasteiger partial charge < -0.3 is 33.4 Å². The summed E-state index contributed by atoms with van der Waals surface area (Å²) in [4.78, 5) is 37.5. The predicted molar refractivity (Wildman–Crippen MR) is 132 cm³/mol. The number of fused-ring (bicyclic) bond motifs is 2. The number of nitrogens with one attached hydrogen (secondary N) is 1. The molecule has 2 aromatic carbocycles. The van der Waals surface area contributed by atoms with Crippen LogP contribution in [0.3, 0.4) is 0 Å². The van der Waals surface area contributed by atoms with E-state index in [-0.39, 0.29) is 5.69 Å². The fourth-order valence-electron chi connectivity index (χ4n) is 5.04. The van der Waals surface area contributed by atoms with Crippen LogP contribution in [0.15, 0.2) is 51.7 Å². The first-order chi connectivity index (χ1) is 17.6. The Morgan fingerprint density at radius 2 is 1.70 bits per heavy atom. The molecule has 3 heterocycles. The van der Waals surface area contributed by atoms with Crippen molar-refractivity contribution < 1.29 is 37.7 Å². The fraction of sp³-hybridized carbons (Fsp3) is 0.370. The first-order valence-electron chi connectivity index (χ1n) is 11.7. The van der Waals surface area contributed by atoms with Crippen molar-refractivity contribution in [3.05, 3.63) is 69.6 Å². The van der Waals surface area contributed by atoms with Crippen LogP contribution in [-0.2, 0) is 18.9 Å². The standard InChI is InChI=1S/C27H27NO9/c1-13-17(20-21-22(36-26(31)35-21)23(33-5)27(2,3)37-20)11-8-15-12-18(25(30)34-19(13)15)28-24(29)14-6-9-16(32-4)10-7-14/h6-12,20-23H,1-5H3,(H,28,29)/t20-,21-,22-,23+/m0/s1. The van der Waals surface area contributed by atoms with Gasteiger partial charge in [-0.2, -0.15) is 0 Å². The van der Waals surface area contributed by atoms with E-state index in [1.165, 1.54) is 14.2 Å². The summed E-state index contributed by atoms with van der Waals surface area (Å²) in [5.74, 6) is 0.156. The molecule has 1 amide bonds. The molecule has 2 aliphatic heterocycles. The van der Waals surface area contributed by atoms with Crippen LogP contribution in [0, 0.1) is 6.92 Å². The molecule has 10 heteroatoms. The van der Waals surface area contributed by atoms with E-state index in [1.807, 2.05) is 19.9 Å². The molecule has 2 saturated heterocycles. The topological polar surface area (TPSA) is 123 Å². The van der Waals surface area contributed by atoms with Gasteiger partial charge in [0.05, 0.1) is 12.7 Å². The smallest absolute Gasteiger partial charge is 0.497 e. The molecule has 10 nitrogen and oxygen atoms in total. The highest BCUT2D eigenvalue weighted by molar-refractivity contribution is 6.04. The minimum atomic E-state index is -0.799. The van der Waals surface area contributed by atoms with E-state index in [0.717, 1.165) is 0 Å². The summed E-state index contributed by atoms with van der Waals surface area (Å²) < 4.78 is 33.6. The zero-order valence-corrected chi connectivity index (χ0v) is 21.0. The van der Waals surface area contributed by atoms with Gasteiger partial charge in [0.1, 0.15) is 29.2 Å². The second-order valence-electron chi connectivity index (χ2n) is 9.54. The summed E-state index contributed by atoms with van der Waals surface area (Å²) in [5, 5.41) is 3.22. The molecule has 2 fully saturated rings. The van der Waals surface area contributed by atoms with E-state index >= 15 is 0 Å². The molecule has 0 radical (unpaired) electrons. The molecule has 37 heavy (non-hydrogen) atoms. The summed E-state index contributed by atoms with van der Waals surface area (Å²) in [5.41, 5.74) is 0.529. The van der Waals surface area contributed by atoms with Crippen LogP contribution in [0.1, 0.15) is 41.4 Å². The molecule has 0 aliphatic carbocycles. The lowest BCUT2D eigenvalue weighted by atomic mass is 9.84. The number of amides is 1. The third kappa shape index (κ3) is 4.32. The third-order valence-corrected chi connectivity index (χ3v) is 6.85. The maximum Gasteiger partial charge on any atom is 0.509 e. The van der Waals surface area contributed by atoms with Crippen LogP contribution in [0.4, 0.5) is 10.5 Å². The van der Waals surface area contributed by atoms with Crippen LogP contribution in [0.2, 0.25) is 0 Å². The molecule has 1 aromatic heterocycles. The number of carbonyl (C=O) groups is 2. The molecule has 5 rings (SSSR count). The molecular weight excluding hydrogens is 482 g/mol. The summed E-state index contributed by atoms with van der Waals surface area (Å²) in [6.07, 6.45) is -3.40. The summed E-state index contributed by atoms with van der Waals surface area (Å²) in [6.45, 7) is 5.50. The zero-order valence-electron chi connectivity index (χ0n) is 21.0. The van der Waals surface area contributed by atoms with Crippen LogP contribution in [0.5, 0.6) is 5.75 Å². The van der Waals surface area contributed by atoms with E-state index < -0.39 is 47.7 Å². The Balaban J connectivity index is 1.48. The minimum absolute atomic E-state index is 0.0108. The molecule has 1 N–H and O–H groups in total. The van der Waals surface area contributed by atoms with Crippen molar-refractivity contribution in [2.75, 3.05) is 19.5 Å². The van der Waals surface area contributed by atoms with Crippen molar-refractivity contribution in [1.29, 1.82) is 0 Å². The average Bonchev–Trinajstić information content (AvgIpc) is 3.25. The van der Waals surface area contributed by atoms with Gasteiger partial charge in [-0.15, -0.1) is 0 Å². The Labute approximate surface area is 212 Å². The van der Waals surface area contributed by atoms with Crippen LogP contribution in [0.25, 0.3) is 11.0 Å². The van der Waals surface area contributed by atoms with E-state index in [2.05, 4.69) is 5.32 Å². The van der Waals surface area contributed by atoms with E-state index in [0.29, 0.717) is 33.4 Å². The Kier molecular flexibility index (Phi) is 6.17. The Morgan fingerprint density at radius 3 is 2.38 bits per heavy atom. The normalized spacial score (nSPS) is 24.2. The zero-order chi connectivity index (χ0) is 26.5. The molecule has 3 aromatic rings. The van der Waals surface area contributed by atoms with Gasteiger partial charge in [-0.1, -0.05) is 12.1 Å². The van der Waals surface area contributed by atoms with Gasteiger partial charge in [0.25, 0.3) is 5.91 Å². The monoisotopic (exact) mass is 509 g/mol. The number of anilines is 1. The third-order valence-electron chi connectivity index (χ3n) is 6.85. The largest absolute Gasteiger partial charge is 0.509 e. The van der Waals surface area contributed by atoms with Crippen molar-refractivity contribution in [3.8, 4) is 5.75 Å². The average molecular weight is 510 g/mol. The molecule has 0 unspecified atom stereocenters. The van der Waals surface area contributed by atoms with Crippen molar-refractivity contribution in [2.24, 2.45) is 0 Å². The Bertz CT molecular complexity index is 1430. The van der Waals surface area contributed by atoms with Crippen molar-refractivity contribution >= 4 is 28.7 Å². The molecule has 0 saturated carbocycles. The lowest BCUT2D eigenvalue weighted by Gasteiger charge is -2.46. The van der Waals surface area contributed by atoms with Gasteiger partial charge in [0.2, 0.25) is 0 Å². The summed E-state index contributed by atoms with van der Waals surface area (Å²) in [6, 6.07) is 11.7. The molecule has 4 atom stereocenters. The minimum Gasteiger partial charge on any atom is -0.497 e. The number of rotatable bonds is 5. The number of aryl methyl sites for hydroxylation is 1. The maximum absolute atomic E-state index is 12.8. The van der Waals surface area contributed by atoms with E-state index in [9.17, 15) is 14.4 Å². The van der Waals surface area contributed by atoms with Crippen LogP contribution in [-0.4, -0.2) is 50.2 Å². The Hall–Kier alpha value is -3.89. The SMILES string of the molecule is COc1ccc(C(=O)Nc2cc3ccc([C@@H]4OC(C)(C)[C@H](OC)[C@H]5OC(=O)O[C@H]54)c(C)c3oc2=O)cc1. The van der Waals surface area contributed by atoms with E-state index in [1.54, 1.807) is 43.3 Å². The van der Waals surface area contributed by atoms with Gasteiger partial charge in [0.15, 0.2) is 12.2 Å². The Morgan fingerprint density at radius 1 is 1.00 bits per heavy atom. The van der Waals surface area contributed by atoms with Crippen molar-refractivity contribution in [2.45, 2.75) is 50.8 Å². The second kappa shape index (κ2) is 9.20. The number of methoxy groups -OCH3 is 2. The lowest BCUT2D eigenvalue weighted by Crippen LogP contribution is -2.58. The van der Waals surface area contributed by atoms with Crippen molar-refractivity contribution in [3.63, 3.8) is 0 Å². The highest BCUT2D eigenvalue weighted by atomic mass is 16.8. The number of ether oxygens (including phenoxy) is 5. The highest BCUT2D eigenvalue weighted by Crippen LogP contribution is 2.45. The molecule has 2 aliphatic rings. The van der Waals surface area contributed by atoms with Gasteiger partial charge in [-0.05, 0) is 62.2 Å². The predicted octanol–water partition coefficient (Wildman–Crippen LogP) is 4.13. The molecule has 194 valence electrons. The second-order valence-corrected chi connectivity index (χ2v) is 9.54. The number of hydrogen-bond donors (Lipinski definition) is 1. The maximum atomic E-state index is 12.8. The lowest BCUT2D eigenvalue weighted by molar-refractivity contribution is -0.237. The first kappa shape index (κ1) is 24.8. The van der Waals surface area contributed by atoms with E-state index in [4.69, 9.17) is 28.1 Å². The van der Waals surface area contributed by atoms with Gasteiger partial charge >= 0.3 is 11.8 Å². The quantitative estimate of drug-likeness (QED) is 0.399.